The van der Waals surface area contributed by atoms with Crippen LogP contribution in [0, 0.1) is 11.8 Å². The summed E-state index contributed by atoms with van der Waals surface area (Å²) in [6, 6.07) is 13.1. The fourth-order valence-electron chi connectivity index (χ4n) is 6.28. The van der Waals surface area contributed by atoms with Crippen LogP contribution in [0.1, 0.15) is 44.7 Å². The summed E-state index contributed by atoms with van der Waals surface area (Å²) in [5.74, 6) is -0.416. The van der Waals surface area contributed by atoms with Crippen molar-refractivity contribution in [3.05, 3.63) is 65.9 Å². The van der Waals surface area contributed by atoms with Crippen molar-refractivity contribution in [1.29, 1.82) is 0 Å². The molecule has 0 radical (unpaired) electrons. The average Bonchev–Trinajstić information content (AvgIpc) is 3.72. The molecule has 256 valence electrons. The number of carbonyl (C=O) groups excluding carboxylic acids is 2. The number of nitrogens with zero attached hydrogens (tertiary/aromatic N) is 2. The average molecular weight is 671 g/mol. The van der Waals surface area contributed by atoms with Crippen molar-refractivity contribution in [1.82, 2.24) is 14.5 Å². The van der Waals surface area contributed by atoms with E-state index in [4.69, 9.17) is 14.2 Å². The zero-order chi connectivity index (χ0) is 33.7. The molecule has 0 saturated carbocycles. The minimum atomic E-state index is -4.14. The second-order valence-electron chi connectivity index (χ2n) is 12.9. The fourth-order valence-corrected chi connectivity index (χ4v) is 7.93. The summed E-state index contributed by atoms with van der Waals surface area (Å²) in [7, 11) is -2.27. The van der Waals surface area contributed by atoms with Crippen molar-refractivity contribution in [3.8, 4) is 0 Å². The van der Waals surface area contributed by atoms with E-state index >= 15 is 0 Å². The van der Waals surface area contributed by atoms with Crippen LogP contribution in [0.4, 0.5) is 10.5 Å². The number of hydrogen-bond donors (Lipinski definition) is 3. The molecule has 3 aliphatic rings. The molecule has 5 atom stereocenters. The van der Waals surface area contributed by atoms with E-state index < -0.39 is 34.4 Å². The van der Waals surface area contributed by atoms with Crippen molar-refractivity contribution in [2.24, 2.45) is 11.8 Å². The van der Waals surface area contributed by atoms with E-state index in [2.05, 4.69) is 10.6 Å². The first-order valence-corrected chi connectivity index (χ1v) is 17.7. The molecule has 2 amide bonds. The zero-order valence-electron chi connectivity index (χ0n) is 27.4. The molecule has 0 bridgehead atoms. The monoisotopic (exact) mass is 670 g/mol. The van der Waals surface area contributed by atoms with Gasteiger partial charge in [-0.05, 0) is 48.9 Å². The molecule has 0 aliphatic carbocycles. The van der Waals surface area contributed by atoms with Gasteiger partial charge in [-0.25, -0.2) is 13.2 Å². The van der Waals surface area contributed by atoms with E-state index in [0.29, 0.717) is 23.4 Å². The van der Waals surface area contributed by atoms with Crippen LogP contribution in [0.25, 0.3) is 5.57 Å². The van der Waals surface area contributed by atoms with Crippen LogP contribution >= 0.6 is 0 Å². The number of anilines is 1. The van der Waals surface area contributed by atoms with Gasteiger partial charge in [0.2, 0.25) is 10.0 Å². The molecule has 2 fully saturated rings. The van der Waals surface area contributed by atoms with Crippen molar-refractivity contribution in [3.63, 3.8) is 0 Å². The molecule has 3 N–H and O–H groups in total. The Labute approximate surface area is 277 Å². The van der Waals surface area contributed by atoms with E-state index in [0.717, 1.165) is 24.9 Å². The van der Waals surface area contributed by atoms with Gasteiger partial charge in [-0.1, -0.05) is 51.1 Å². The standard InChI is InChI=1S/C34H46N4O8S/c1-5-14-37(4)19-27-26-17-24(11-12-28(26)35-32(27)40)47(42,43)38(18-22(2)3)20-30(39)29(16-23-9-7-6-8-10-23)36-34(41)46-31-21-45-33-25(31)13-15-44-33/h6-12,17,19,22,25,29-31,33,39H,5,13-16,18,20-21H2,1-4H3,(H,35,40)(H,36,41)/b27-19-. The molecule has 2 aromatic rings. The number of ether oxygens (including phenoxy) is 3. The minimum absolute atomic E-state index is 0.00573. The maximum absolute atomic E-state index is 14.2. The number of carbonyl (C=O) groups is 2. The molecular weight excluding hydrogens is 624 g/mol. The first kappa shape index (κ1) is 34.8. The molecule has 0 aromatic heterocycles. The Morgan fingerprint density at radius 3 is 2.66 bits per heavy atom. The van der Waals surface area contributed by atoms with E-state index in [-0.39, 0.29) is 55.0 Å². The molecule has 3 aliphatic heterocycles. The topological polar surface area (TPSA) is 147 Å². The first-order chi connectivity index (χ1) is 22.5. The lowest BCUT2D eigenvalue weighted by atomic mass is 10.0. The second kappa shape index (κ2) is 15.2. The normalized spacial score (nSPS) is 22.7. The summed E-state index contributed by atoms with van der Waals surface area (Å²) in [4.78, 5) is 27.8. The molecule has 5 unspecified atom stereocenters. The van der Waals surface area contributed by atoms with Crippen LogP contribution in [0.15, 0.2) is 59.6 Å². The third-order valence-corrected chi connectivity index (χ3v) is 10.4. The quantitative estimate of drug-likeness (QED) is 0.257. The van der Waals surface area contributed by atoms with Gasteiger partial charge in [-0.3, -0.25) is 4.79 Å². The highest BCUT2D eigenvalue weighted by Crippen LogP contribution is 2.35. The number of aliphatic hydroxyl groups excluding tert-OH is 1. The number of benzene rings is 2. The second-order valence-corrected chi connectivity index (χ2v) is 14.8. The Bertz CT molecular complexity index is 1550. The number of rotatable bonds is 14. The molecule has 2 saturated heterocycles. The fraction of sp³-hybridized carbons (Fsp3) is 0.529. The predicted molar refractivity (Wildman–Crippen MR) is 177 cm³/mol. The summed E-state index contributed by atoms with van der Waals surface area (Å²) < 4.78 is 46.5. The summed E-state index contributed by atoms with van der Waals surface area (Å²) in [5, 5.41) is 17.2. The molecule has 0 spiro atoms. The van der Waals surface area contributed by atoms with Gasteiger partial charge in [0.05, 0.1) is 41.7 Å². The van der Waals surface area contributed by atoms with Crippen LogP contribution < -0.4 is 10.6 Å². The van der Waals surface area contributed by atoms with Gasteiger partial charge in [0.25, 0.3) is 5.91 Å². The van der Waals surface area contributed by atoms with Gasteiger partial charge >= 0.3 is 6.09 Å². The molecular formula is C34H46N4O8S. The van der Waals surface area contributed by atoms with Crippen molar-refractivity contribution in [2.45, 2.75) is 69.5 Å². The van der Waals surface area contributed by atoms with Crippen LogP contribution in [-0.4, -0.2) is 99.2 Å². The highest BCUT2D eigenvalue weighted by atomic mass is 32.2. The Morgan fingerprint density at radius 1 is 1.17 bits per heavy atom. The highest BCUT2D eigenvalue weighted by Gasteiger charge is 2.44. The van der Waals surface area contributed by atoms with Gasteiger partial charge in [-0.15, -0.1) is 0 Å². The van der Waals surface area contributed by atoms with Crippen molar-refractivity contribution < 1.29 is 37.3 Å². The SMILES string of the molecule is CCCN(C)/C=C1\C(=O)Nc2ccc(S(=O)(=O)N(CC(C)C)CC(O)C(Cc3ccccc3)NC(=O)OC3COC4OCCC34)cc21. The number of nitrogens with one attached hydrogen (secondary N) is 2. The van der Waals surface area contributed by atoms with Gasteiger partial charge in [0, 0.05) is 44.1 Å². The van der Waals surface area contributed by atoms with Crippen LogP contribution in [-0.2, 0) is 35.4 Å². The molecule has 12 nitrogen and oxygen atoms in total. The lowest BCUT2D eigenvalue weighted by Crippen LogP contribution is -2.51. The Balaban J connectivity index is 1.37. The van der Waals surface area contributed by atoms with Gasteiger partial charge in [0.1, 0.15) is 6.10 Å². The van der Waals surface area contributed by atoms with Crippen LogP contribution in [0.5, 0.6) is 0 Å². The third-order valence-electron chi connectivity index (χ3n) is 8.61. The van der Waals surface area contributed by atoms with Gasteiger partial charge in [0.15, 0.2) is 6.29 Å². The lowest BCUT2D eigenvalue weighted by molar-refractivity contribution is -0.110. The summed E-state index contributed by atoms with van der Waals surface area (Å²) >= 11 is 0. The summed E-state index contributed by atoms with van der Waals surface area (Å²) in [6.07, 6.45) is 0.727. The summed E-state index contributed by atoms with van der Waals surface area (Å²) in [6.45, 7) is 7.17. The highest BCUT2D eigenvalue weighted by molar-refractivity contribution is 7.89. The predicted octanol–water partition coefficient (Wildman–Crippen LogP) is 3.43. The minimum Gasteiger partial charge on any atom is -0.443 e. The first-order valence-electron chi connectivity index (χ1n) is 16.3. The van der Waals surface area contributed by atoms with Gasteiger partial charge in [-0.2, -0.15) is 4.31 Å². The lowest BCUT2D eigenvalue weighted by Gasteiger charge is -2.31. The Hall–Kier alpha value is -3.49. The number of amides is 2. The molecule has 5 rings (SSSR count). The smallest absolute Gasteiger partial charge is 0.407 e. The number of alkyl carbamates (subject to hydrolysis) is 1. The Morgan fingerprint density at radius 2 is 1.94 bits per heavy atom. The largest absolute Gasteiger partial charge is 0.443 e. The number of aliphatic hydroxyl groups is 1. The Kier molecular flexibility index (Phi) is 11.2. The van der Waals surface area contributed by atoms with Crippen molar-refractivity contribution in [2.75, 3.05) is 45.2 Å². The van der Waals surface area contributed by atoms with Crippen LogP contribution in [0.2, 0.25) is 0 Å². The zero-order valence-corrected chi connectivity index (χ0v) is 28.2. The van der Waals surface area contributed by atoms with Gasteiger partial charge < -0.3 is 34.9 Å². The third kappa shape index (κ3) is 8.33. The molecule has 47 heavy (non-hydrogen) atoms. The molecule has 3 heterocycles. The van der Waals surface area contributed by atoms with Crippen molar-refractivity contribution >= 4 is 33.3 Å². The summed E-state index contributed by atoms with van der Waals surface area (Å²) in [5.41, 5.74) is 2.28. The maximum atomic E-state index is 14.2. The van der Waals surface area contributed by atoms with E-state index in [1.165, 1.54) is 16.4 Å². The maximum Gasteiger partial charge on any atom is 0.407 e. The van der Waals surface area contributed by atoms with E-state index in [9.17, 15) is 23.1 Å². The molecule has 13 heteroatoms. The van der Waals surface area contributed by atoms with E-state index in [1.54, 1.807) is 12.3 Å². The number of fused-ring (bicyclic) bond motifs is 2. The molecule has 2 aromatic carbocycles. The van der Waals surface area contributed by atoms with E-state index in [1.807, 2.05) is 63.1 Å². The number of hydrogen-bond acceptors (Lipinski definition) is 9. The van der Waals surface area contributed by atoms with Crippen LogP contribution in [0.3, 0.4) is 0 Å². The number of sulfonamides is 1.